The average Bonchev–Trinajstić information content (AvgIpc) is 2.77. The molecule has 1 heterocycles. The summed E-state index contributed by atoms with van der Waals surface area (Å²) in [5, 5.41) is 3.24. The first-order valence-electron chi connectivity index (χ1n) is 5.62. The van der Waals surface area contributed by atoms with Gasteiger partial charge >= 0.3 is 0 Å². The van der Waals surface area contributed by atoms with E-state index in [1.165, 1.54) is 6.07 Å². The third kappa shape index (κ3) is 2.71. The van der Waals surface area contributed by atoms with E-state index in [0.29, 0.717) is 12.6 Å². The third-order valence-electron chi connectivity index (χ3n) is 2.85. The van der Waals surface area contributed by atoms with E-state index in [4.69, 9.17) is 10.5 Å². The summed E-state index contributed by atoms with van der Waals surface area (Å²) < 4.78 is 18.6. The van der Waals surface area contributed by atoms with Crippen molar-refractivity contribution in [2.75, 3.05) is 18.9 Å². The van der Waals surface area contributed by atoms with Crippen LogP contribution in [0.4, 0.5) is 10.1 Å². The summed E-state index contributed by atoms with van der Waals surface area (Å²) in [6.07, 6.45) is 2.54. The first kappa shape index (κ1) is 11.4. The zero-order chi connectivity index (χ0) is 11.4. The van der Waals surface area contributed by atoms with Crippen LogP contribution in [0, 0.1) is 5.82 Å². The van der Waals surface area contributed by atoms with E-state index in [1.54, 1.807) is 6.07 Å². The molecular weight excluding hydrogens is 207 g/mol. The molecule has 0 radical (unpaired) electrons. The summed E-state index contributed by atoms with van der Waals surface area (Å²) in [5.74, 6) is -0.351. The Morgan fingerprint density at radius 1 is 1.50 bits per heavy atom. The molecule has 0 spiro atoms. The number of ether oxygens (including phenoxy) is 1. The number of benzene rings is 1. The fourth-order valence-corrected chi connectivity index (χ4v) is 1.91. The number of hydrogen-bond acceptors (Lipinski definition) is 3. The highest BCUT2D eigenvalue weighted by Crippen LogP contribution is 2.16. The molecule has 4 heteroatoms. The standard InChI is InChI=1S/C12H17FN2O/c13-11-5-1-3-9(12(11)14)7-15-8-10-4-2-6-16-10/h1,3,5,10,15H,2,4,6-8,14H2. The Kier molecular flexibility index (Phi) is 3.74. The van der Waals surface area contributed by atoms with Gasteiger partial charge in [0.1, 0.15) is 5.82 Å². The number of anilines is 1. The summed E-state index contributed by atoms with van der Waals surface area (Å²) in [7, 11) is 0. The lowest BCUT2D eigenvalue weighted by atomic mass is 10.1. The SMILES string of the molecule is Nc1c(F)cccc1CNCC1CCCO1. The van der Waals surface area contributed by atoms with Crippen LogP contribution in [-0.4, -0.2) is 19.3 Å². The summed E-state index contributed by atoms with van der Waals surface area (Å²) in [5.41, 5.74) is 6.67. The molecule has 88 valence electrons. The van der Waals surface area contributed by atoms with Crippen LogP contribution in [0.2, 0.25) is 0 Å². The van der Waals surface area contributed by atoms with Gasteiger partial charge in [0.25, 0.3) is 0 Å². The number of nitrogen functional groups attached to an aromatic ring is 1. The minimum absolute atomic E-state index is 0.238. The van der Waals surface area contributed by atoms with Gasteiger partial charge < -0.3 is 15.8 Å². The number of para-hydroxylation sites is 1. The first-order valence-corrected chi connectivity index (χ1v) is 5.62. The quantitative estimate of drug-likeness (QED) is 0.765. The summed E-state index contributed by atoms with van der Waals surface area (Å²) >= 11 is 0. The van der Waals surface area contributed by atoms with Crippen LogP contribution in [-0.2, 0) is 11.3 Å². The van der Waals surface area contributed by atoms with Gasteiger partial charge in [0.2, 0.25) is 0 Å². The Balaban J connectivity index is 1.82. The van der Waals surface area contributed by atoms with E-state index >= 15 is 0 Å². The fraction of sp³-hybridized carbons (Fsp3) is 0.500. The minimum atomic E-state index is -0.351. The summed E-state index contributed by atoms with van der Waals surface area (Å²) in [6.45, 7) is 2.24. The second-order valence-corrected chi connectivity index (χ2v) is 4.08. The lowest BCUT2D eigenvalue weighted by molar-refractivity contribution is 0.110. The number of nitrogens with two attached hydrogens (primary N) is 1. The second kappa shape index (κ2) is 5.27. The van der Waals surface area contributed by atoms with Crippen molar-refractivity contribution in [1.82, 2.24) is 5.32 Å². The van der Waals surface area contributed by atoms with E-state index in [0.717, 1.165) is 31.6 Å². The molecule has 0 saturated carbocycles. The lowest BCUT2D eigenvalue weighted by Gasteiger charge is -2.12. The van der Waals surface area contributed by atoms with Gasteiger partial charge in [0.15, 0.2) is 0 Å². The smallest absolute Gasteiger partial charge is 0.146 e. The maximum absolute atomic E-state index is 13.1. The molecule has 1 aromatic rings. The van der Waals surface area contributed by atoms with Crippen LogP contribution >= 0.6 is 0 Å². The molecule has 2 rings (SSSR count). The number of rotatable bonds is 4. The first-order chi connectivity index (χ1) is 7.77. The van der Waals surface area contributed by atoms with Gasteiger partial charge in [-0.15, -0.1) is 0 Å². The molecule has 1 aliphatic rings. The number of nitrogens with one attached hydrogen (secondary N) is 1. The molecule has 0 aliphatic carbocycles. The fourth-order valence-electron chi connectivity index (χ4n) is 1.91. The predicted molar refractivity (Wildman–Crippen MR) is 61.5 cm³/mol. The highest BCUT2D eigenvalue weighted by Gasteiger charge is 2.14. The summed E-state index contributed by atoms with van der Waals surface area (Å²) in [6, 6.07) is 4.88. The molecular formula is C12H17FN2O. The maximum atomic E-state index is 13.1. The lowest BCUT2D eigenvalue weighted by Crippen LogP contribution is -2.26. The van der Waals surface area contributed by atoms with Gasteiger partial charge in [-0.2, -0.15) is 0 Å². The van der Waals surface area contributed by atoms with Gasteiger partial charge in [-0.3, -0.25) is 0 Å². The molecule has 3 N–H and O–H groups in total. The van der Waals surface area contributed by atoms with Crippen LogP contribution in [0.5, 0.6) is 0 Å². The van der Waals surface area contributed by atoms with Crippen molar-refractivity contribution in [2.45, 2.75) is 25.5 Å². The second-order valence-electron chi connectivity index (χ2n) is 4.08. The van der Waals surface area contributed by atoms with E-state index in [1.807, 2.05) is 6.07 Å². The van der Waals surface area contributed by atoms with E-state index < -0.39 is 0 Å². The molecule has 1 unspecified atom stereocenters. The van der Waals surface area contributed by atoms with Crippen molar-refractivity contribution < 1.29 is 9.13 Å². The highest BCUT2D eigenvalue weighted by atomic mass is 19.1. The van der Waals surface area contributed by atoms with Crippen molar-refractivity contribution >= 4 is 5.69 Å². The Morgan fingerprint density at radius 3 is 3.12 bits per heavy atom. The normalized spacial score (nSPS) is 20.2. The maximum Gasteiger partial charge on any atom is 0.146 e. The average molecular weight is 224 g/mol. The van der Waals surface area contributed by atoms with Crippen LogP contribution in [0.25, 0.3) is 0 Å². The van der Waals surface area contributed by atoms with Crippen LogP contribution in [0.1, 0.15) is 18.4 Å². The van der Waals surface area contributed by atoms with Crippen molar-refractivity contribution in [3.05, 3.63) is 29.6 Å². The van der Waals surface area contributed by atoms with Crippen molar-refractivity contribution in [1.29, 1.82) is 0 Å². The molecule has 16 heavy (non-hydrogen) atoms. The molecule has 1 fully saturated rings. The zero-order valence-corrected chi connectivity index (χ0v) is 9.21. The predicted octanol–water partition coefficient (Wildman–Crippen LogP) is 1.68. The van der Waals surface area contributed by atoms with Gasteiger partial charge in [-0.25, -0.2) is 4.39 Å². The third-order valence-corrected chi connectivity index (χ3v) is 2.85. The topological polar surface area (TPSA) is 47.3 Å². The van der Waals surface area contributed by atoms with Gasteiger partial charge in [0.05, 0.1) is 11.8 Å². The Labute approximate surface area is 94.8 Å². The molecule has 1 saturated heterocycles. The Bertz CT molecular complexity index is 351. The molecule has 0 bridgehead atoms. The zero-order valence-electron chi connectivity index (χ0n) is 9.21. The molecule has 3 nitrogen and oxygen atoms in total. The molecule has 1 atom stereocenters. The van der Waals surface area contributed by atoms with E-state index in [9.17, 15) is 4.39 Å². The number of halogens is 1. The van der Waals surface area contributed by atoms with Crippen molar-refractivity contribution in [2.24, 2.45) is 0 Å². The van der Waals surface area contributed by atoms with Gasteiger partial charge in [-0.1, -0.05) is 12.1 Å². The van der Waals surface area contributed by atoms with Crippen LogP contribution in [0.15, 0.2) is 18.2 Å². The van der Waals surface area contributed by atoms with Crippen LogP contribution < -0.4 is 11.1 Å². The largest absolute Gasteiger partial charge is 0.396 e. The molecule has 1 aromatic carbocycles. The van der Waals surface area contributed by atoms with Crippen molar-refractivity contribution in [3.63, 3.8) is 0 Å². The van der Waals surface area contributed by atoms with Gasteiger partial charge in [-0.05, 0) is 24.5 Å². The monoisotopic (exact) mass is 224 g/mol. The minimum Gasteiger partial charge on any atom is -0.396 e. The van der Waals surface area contributed by atoms with E-state index in [2.05, 4.69) is 5.32 Å². The highest BCUT2D eigenvalue weighted by molar-refractivity contribution is 5.47. The van der Waals surface area contributed by atoms with E-state index in [-0.39, 0.29) is 11.5 Å². The Hall–Kier alpha value is -1.13. The van der Waals surface area contributed by atoms with Crippen LogP contribution in [0.3, 0.4) is 0 Å². The molecule has 0 aromatic heterocycles. The number of hydrogen-bond donors (Lipinski definition) is 2. The van der Waals surface area contributed by atoms with Gasteiger partial charge in [0, 0.05) is 19.7 Å². The Morgan fingerprint density at radius 2 is 2.38 bits per heavy atom. The molecule has 1 aliphatic heterocycles. The van der Waals surface area contributed by atoms with Crippen molar-refractivity contribution in [3.8, 4) is 0 Å². The summed E-state index contributed by atoms with van der Waals surface area (Å²) in [4.78, 5) is 0. The molecule has 0 amide bonds.